The van der Waals surface area contributed by atoms with E-state index < -0.39 is 0 Å². The topological polar surface area (TPSA) is 29.1 Å². The molecule has 1 atom stereocenters. The molecule has 0 aliphatic carbocycles. The predicted molar refractivity (Wildman–Crippen MR) is 42.7 cm³/mol. The van der Waals surface area contributed by atoms with Gasteiger partial charge in [-0.2, -0.15) is 0 Å². The van der Waals surface area contributed by atoms with Gasteiger partial charge in [-0.05, 0) is 12.8 Å². The van der Waals surface area contributed by atoms with E-state index in [0.29, 0.717) is 0 Å². The summed E-state index contributed by atoms with van der Waals surface area (Å²) in [6.45, 7) is 8.84. The molecule has 0 radical (unpaired) electrons. The van der Waals surface area contributed by atoms with Gasteiger partial charge in [-0.15, -0.1) is 13.2 Å². The summed E-state index contributed by atoms with van der Waals surface area (Å²) in [5.41, 5.74) is 0. The molecule has 0 unspecified atom stereocenters. The van der Waals surface area contributed by atoms with Crippen molar-refractivity contribution in [3.63, 3.8) is 0 Å². The van der Waals surface area contributed by atoms with Crippen molar-refractivity contribution in [3.05, 3.63) is 13.2 Å². The maximum atomic E-state index is 10.7. The highest BCUT2D eigenvalue weighted by molar-refractivity contribution is 5.78. The van der Waals surface area contributed by atoms with Crippen LogP contribution >= 0.6 is 0 Å². The summed E-state index contributed by atoms with van der Waals surface area (Å²) in [6, 6.07) is 0. The van der Waals surface area contributed by atoms with Crippen LogP contribution in [-0.2, 0) is 4.79 Å². The second kappa shape index (κ2) is 5.03. The number of nitrogens with one attached hydrogen (secondary N) is 1. The van der Waals surface area contributed by atoms with Crippen LogP contribution in [0.1, 0.15) is 19.8 Å². The summed E-state index contributed by atoms with van der Waals surface area (Å²) in [4.78, 5) is 10.7. The molecule has 1 N–H and O–H groups in total. The summed E-state index contributed by atoms with van der Waals surface area (Å²) < 4.78 is 0. The molecule has 2 heteroatoms. The third-order valence-electron chi connectivity index (χ3n) is 1.56. The SMILES string of the molecule is C=C.C[C@H]1CCCNC1=O. The van der Waals surface area contributed by atoms with Crippen LogP contribution in [0.25, 0.3) is 0 Å². The Balaban J connectivity index is 0.000000371. The molecule has 1 rings (SSSR count). The van der Waals surface area contributed by atoms with Gasteiger partial charge in [-0.3, -0.25) is 4.79 Å². The van der Waals surface area contributed by atoms with Crippen molar-refractivity contribution in [1.29, 1.82) is 0 Å². The normalized spacial score (nSPS) is 24.1. The number of rotatable bonds is 0. The molecule has 1 saturated heterocycles. The van der Waals surface area contributed by atoms with Crippen molar-refractivity contribution < 1.29 is 4.79 Å². The Labute approximate surface area is 62.3 Å². The largest absolute Gasteiger partial charge is 0.356 e. The molecule has 0 bridgehead atoms. The van der Waals surface area contributed by atoms with Gasteiger partial charge in [-0.25, -0.2) is 0 Å². The van der Waals surface area contributed by atoms with Crippen LogP contribution in [0.4, 0.5) is 0 Å². The van der Waals surface area contributed by atoms with E-state index in [2.05, 4.69) is 18.5 Å². The second-order valence-electron chi connectivity index (χ2n) is 2.33. The Kier molecular flexibility index (Phi) is 4.63. The van der Waals surface area contributed by atoms with E-state index in [1.807, 2.05) is 6.92 Å². The van der Waals surface area contributed by atoms with Crippen LogP contribution in [-0.4, -0.2) is 12.5 Å². The number of amides is 1. The van der Waals surface area contributed by atoms with Crippen molar-refractivity contribution in [2.45, 2.75) is 19.8 Å². The van der Waals surface area contributed by atoms with E-state index >= 15 is 0 Å². The van der Waals surface area contributed by atoms with Gasteiger partial charge in [0.05, 0.1) is 0 Å². The van der Waals surface area contributed by atoms with Crippen LogP contribution in [0, 0.1) is 5.92 Å². The van der Waals surface area contributed by atoms with Gasteiger partial charge in [0.15, 0.2) is 0 Å². The summed E-state index contributed by atoms with van der Waals surface area (Å²) in [5, 5.41) is 2.79. The zero-order valence-electron chi connectivity index (χ0n) is 6.52. The molecule has 1 aliphatic rings. The fourth-order valence-electron chi connectivity index (χ4n) is 0.925. The van der Waals surface area contributed by atoms with Crippen molar-refractivity contribution in [3.8, 4) is 0 Å². The fourth-order valence-corrected chi connectivity index (χ4v) is 0.925. The van der Waals surface area contributed by atoms with Crippen molar-refractivity contribution in [1.82, 2.24) is 5.32 Å². The molecule has 58 valence electrons. The van der Waals surface area contributed by atoms with Gasteiger partial charge in [-0.1, -0.05) is 6.92 Å². The fraction of sp³-hybridized carbons (Fsp3) is 0.625. The Hall–Kier alpha value is -0.790. The molecule has 1 amide bonds. The summed E-state index contributed by atoms with van der Waals surface area (Å²) in [5.74, 6) is 0.472. The molecule has 0 spiro atoms. The number of piperidine rings is 1. The predicted octanol–water partition coefficient (Wildman–Crippen LogP) is 1.33. The highest BCUT2D eigenvalue weighted by Crippen LogP contribution is 2.08. The number of carbonyl (C=O) groups excluding carboxylic acids is 1. The smallest absolute Gasteiger partial charge is 0.222 e. The lowest BCUT2D eigenvalue weighted by Crippen LogP contribution is -2.34. The molecular weight excluding hydrogens is 126 g/mol. The zero-order chi connectivity index (χ0) is 7.98. The minimum Gasteiger partial charge on any atom is -0.356 e. The molecule has 1 heterocycles. The summed E-state index contributed by atoms with van der Waals surface area (Å²) >= 11 is 0. The van der Waals surface area contributed by atoms with Crippen LogP contribution < -0.4 is 5.32 Å². The van der Waals surface area contributed by atoms with Gasteiger partial charge in [0.25, 0.3) is 0 Å². The molecule has 0 aromatic carbocycles. The minimum absolute atomic E-state index is 0.219. The first kappa shape index (κ1) is 9.21. The first-order valence-electron chi connectivity index (χ1n) is 3.58. The first-order valence-corrected chi connectivity index (χ1v) is 3.58. The minimum atomic E-state index is 0.219. The highest BCUT2D eigenvalue weighted by atomic mass is 16.1. The Morgan fingerprint density at radius 1 is 1.60 bits per heavy atom. The monoisotopic (exact) mass is 141 g/mol. The van der Waals surface area contributed by atoms with Gasteiger partial charge in [0, 0.05) is 12.5 Å². The average Bonchev–Trinajstić information content (AvgIpc) is 2.00. The average molecular weight is 141 g/mol. The highest BCUT2D eigenvalue weighted by Gasteiger charge is 2.15. The maximum absolute atomic E-state index is 10.7. The number of hydrogen-bond donors (Lipinski definition) is 1. The first-order chi connectivity index (χ1) is 4.80. The lowest BCUT2D eigenvalue weighted by Gasteiger charge is -2.16. The molecule has 0 aromatic rings. The van der Waals surface area contributed by atoms with Gasteiger partial charge in [0.1, 0.15) is 0 Å². The molecule has 1 aliphatic heterocycles. The maximum Gasteiger partial charge on any atom is 0.222 e. The van der Waals surface area contributed by atoms with Crippen LogP contribution in [0.3, 0.4) is 0 Å². The molecule has 1 fully saturated rings. The van der Waals surface area contributed by atoms with E-state index in [1.54, 1.807) is 0 Å². The van der Waals surface area contributed by atoms with Gasteiger partial charge in [0.2, 0.25) is 5.91 Å². The van der Waals surface area contributed by atoms with Gasteiger partial charge < -0.3 is 5.32 Å². The Morgan fingerprint density at radius 3 is 2.50 bits per heavy atom. The van der Waals surface area contributed by atoms with Crippen LogP contribution in [0.15, 0.2) is 13.2 Å². The van der Waals surface area contributed by atoms with E-state index in [0.717, 1.165) is 19.4 Å². The van der Waals surface area contributed by atoms with E-state index in [4.69, 9.17) is 0 Å². The molecule has 0 saturated carbocycles. The van der Waals surface area contributed by atoms with E-state index in [-0.39, 0.29) is 11.8 Å². The quantitative estimate of drug-likeness (QED) is 0.507. The van der Waals surface area contributed by atoms with Gasteiger partial charge >= 0.3 is 0 Å². The van der Waals surface area contributed by atoms with Crippen molar-refractivity contribution in [2.75, 3.05) is 6.54 Å². The zero-order valence-corrected chi connectivity index (χ0v) is 6.52. The van der Waals surface area contributed by atoms with E-state index in [9.17, 15) is 4.79 Å². The van der Waals surface area contributed by atoms with E-state index in [1.165, 1.54) is 0 Å². The lowest BCUT2D eigenvalue weighted by molar-refractivity contribution is -0.125. The molecule has 10 heavy (non-hydrogen) atoms. The standard InChI is InChI=1S/C6H11NO.C2H4/c1-5-3-2-4-7-6(5)8;1-2/h5H,2-4H2,1H3,(H,7,8);1-2H2/t5-;/m0./s1. The molecule has 2 nitrogen and oxygen atoms in total. The van der Waals surface area contributed by atoms with Crippen LogP contribution in [0.5, 0.6) is 0 Å². The van der Waals surface area contributed by atoms with Crippen LogP contribution in [0.2, 0.25) is 0 Å². The second-order valence-corrected chi connectivity index (χ2v) is 2.33. The summed E-state index contributed by atoms with van der Waals surface area (Å²) in [7, 11) is 0. The third-order valence-corrected chi connectivity index (χ3v) is 1.56. The number of hydrogen-bond acceptors (Lipinski definition) is 1. The van der Waals surface area contributed by atoms with Crippen molar-refractivity contribution >= 4 is 5.91 Å². The Bertz CT molecular complexity index is 112. The molecular formula is C8H15NO. The lowest BCUT2D eigenvalue weighted by atomic mass is 10.0. The number of carbonyl (C=O) groups is 1. The Morgan fingerprint density at radius 2 is 2.20 bits per heavy atom. The third kappa shape index (κ3) is 2.67. The van der Waals surface area contributed by atoms with Crippen molar-refractivity contribution in [2.24, 2.45) is 5.92 Å². The molecule has 0 aromatic heterocycles. The summed E-state index contributed by atoms with van der Waals surface area (Å²) in [6.07, 6.45) is 2.21.